The maximum atomic E-state index is 5.69. The second kappa shape index (κ2) is 6.35. The molecule has 124 valence electrons. The molecule has 0 spiro atoms. The molecule has 4 rings (SSSR count). The van der Waals surface area contributed by atoms with Gasteiger partial charge in [0.2, 0.25) is 0 Å². The first-order chi connectivity index (χ1) is 11.8. The maximum Gasteiger partial charge on any atom is 0.122 e. The van der Waals surface area contributed by atoms with Crippen LogP contribution in [0.3, 0.4) is 0 Å². The zero-order valence-corrected chi connectivity index (χ0v) is 14.4. The van der Waals surface area contributed by atoms with Crippen LogP contribution in [0.5, 0.6) is 11.5 Å². The molecule has 2 atom stereocenters. The summed E-state index contributed by atoms with van der Waals surface area (Å²) < 4.78 is 11.0. The molecule has 0 amide bonds. The average Bonchev–Trinajstić information content (AvgIpc) is 2.67. The smallest absolute Gasteiger partial charge is 0.122 e. The fraction of sp³-hybridized carbons (Fsp3) is 0.364. The van der Waals surface area contributed by atoms with Gasteiger partial charge in [-0.1, -0.05) is 43.2 Å². The highest BCUT2D eigenvalue weighted by Crippen LogP contribution is 2.52. The lowest BCUT2D eigenvalue weighted by molar-refractivity contribution is 0.348. The van der Waals surface area contributed by atoms with Crippen molar-refractivity contribution in [2.24, 2.45) is 5.92 Å². The first-order valence-electron chi connectivity index (χ1n) is 8.84. The van der Waals surface area contributed by atoms with E-state index in [1.807, 2.05) is 0 Å². The van der Waals surface area contributed by atoms with Gasteiger partial charge in [0, 0.05) is 5.56 Å². The summed E-state index contributed by atoms with van der Waals surface area (Å²) in [6, 6.07) is 15.0. The number of hydrogen-bond acceptors (Lipinski definition) is 2. The van der Waals surface area contributed by atoms with Crippen molar-refractivity contribution in [1.29, 1.82) is 0 Å². The molecule has 2 aliphatic rings. The molecule has 2 aromatic carbocycles. The van der Waals surface area contributed by atoms with Crippen molar-refractivity contribution < 1.29 is 9.47 Å². The molecule has 2 aliphatic carbocycles. The molecule has 0 N–H and O–H groups in total. The van der Waals surface area contributed by atoms with E-state index in [1.54, 1.807) is 14.2 Å². The molecule has 2 nitrogen and oxygen atoms in total. The van der Waals surface area contributed by atoms with Gasteiger partial charge in [-0.15, -0.1) is 0 Å². The lowest BCUT2D eigenvalue weighted by Crippen LogP contribution is -2.23. The minimum Gasteiger partial charge on any atom is -0.497 e. The van der Waals surface area contributed by atoms with Crippen molar-refractivity contribution >= 4 is 11.6 Å². The van der Waals surface area contributed by atoms with Gasteiger partial charge in [0.05, 0.1) is 14.2 Å². The third-order valence-electron chi connectivity index (χ3n) is 5.59. The van der Waals surface area contributed by atoms with Gasteiger partial charge in [-0.3, -0.25) is 0 Å². The van der Waals surface area contributed by atoms with E-state index < -0.39 is 0 Å². The highest BCUT2D eigenvalue weighted by molar-refractivity contribution is 5.87. The predicted octanol–water partition coefficient (Wildman–Crippen LogP) is 5.53. The van der Waals surface area contributed by atoms with Gasteiger partial charge in [0.15, 0.2) is 0 Å². The zero-order chi connectivity index (χ0) is 16.5. The molecule has 0 radical (unpaired) electrons. The van der Waals surface area contributed by atoms with Gasteiger partial charge in [-0.05, 0) is 59.6 Å². The van der Waals surface area contributed by atoms with Crippen LogP contribution in [-0.4, -0.2) is 14.2 Å². The quantitative estimate of drug-likeness (QED) is 0.740. The van der Waals surface area contributed by atoms with Crippen molar-refractivity contribution in [2.45, 2.75) is 31.6 Å². The fourth-order valence-corrected chi connectivity index (χ4v) is 4.47. The summed E-state index contributed by atoms with van der Waals surface area (Å²) in [4.78, 5) is 0. The number of hydrogen-bond donors (Lipinski definition) is 0. The van der Waals surface area contributed by atoms with Crippen LogP contribution >= 0.6 is 0 Å². The molecular formula is C22H24O2. The molecule has 2 aromatic rings. The van der Waals surface area contributed by atoms with Crippen molar-refractivity contribution in [3.63, 3.8) is 0 Å². The van der Waals surface area contributed by atoms with Crippen LogP contribution in [0.4, 0.5) is 0 Å². The van der Waals surface area contributed by atoms with E-state index in [0.717, 1.165) is 11.5 Å². The predicted molar refractivity (Wildman–Crippen MR) is 98.6 cm³/mol. The van der Waals surface area contributed by atoms with Crippen LogP contribution in [0.25, 0.3) is 11.6 Å². The highest BCUT2D eigenvalue weighted by Gasteiger charge is 2.35. The number of allylic oxidation sites excluding steroid dienone is 1. The summed E-state index contributed by atoms with van der Waals surface area (Å²) >= 11 is 0. The Balaban J connectivity index is 1.84. The van der Waals surface area contributed by atoms with E-state index in [9.17, 15) is 0 Å². The Morgan fingerprint density at radius 3 is 2.29 bits per heavy atom. The van der Waals surface area contributed by atoms with Crippen LogP contribution in [0.2, 0.25) is 0 Å². The van der Waals surface area contributed by atoms with Crippen LogP contribution in [-0.2, 0) is 0 Å². The van der Waals surface area contributed by atoms with Crippen LogP contribution < -0.4 is 9.47 Å². The number of rotatable bonds is 3. The van der Waals surface area contributed by atoms with Crippen molar-refractivity contribution in [1.82, 2.24) is 0 Å². The number of fused-ring (bicyclic) bond motifs is 3. The molecule has 0 heterocycles. The second-order valence-corrected chi connectivity index (χ2v) is 6.79. The van der Waals surface area contributed by atoms with E-state index in [1.165, 1.54) is 47.9 Å². The molecule has 1 saturated carbocycles. The summed E-state index contributed by atoms with van der Waals surface area (Å²) in [7, 11) is 3.50. The summed E-state index contributed by atoms with van der Waals surface area (Å²) in [6.45, 7) is 0. The molecule has 0 bridgehead atoms. The van der Waals surface area contributed by atoms with Crippen LogP contribution in [0.1, 0.15) is 48.3 Å². The average molecular weight is 320 g/mol. The molecule has 2 heteroatoms. The Bertz CT molecular complexity index is 758. The van der Waals surface area contributed by atoms with Crippen molar-refractivity contribution in [3.05, 3.63) is 59.2 Å². The van der Waals surface area contributed by atoms with Gasteiger partial charge in [0.25, 0.3) is 0 Å². The molecule has 1 fully saturated rings. The topological polar surface area (TPSA) is 18.5 Å². The first kappa shape index (κ1) is 15.3. The molecule has 0 aliphatic heterocycles. The van der Waals surface area contributed by atoms with Crippen LogP contribution in [0.15, 0.2) is 42.5 Å². The Morgan fingerprint density at radius 2 is 1.58 bits per heavy atom. The van der Waals surface area contributed by atoms with E-state index in [-0.39, 0.29) is 0 Å². The Morgan fingerprint density at radius 1 is 0.833 bits per heavy atom. The van der Waals surface area contributed by atoms with E-state index in [2.05, 4.69) is 48.5 Å². The summed E-state index contributed by atoms with van der Waals surface area (Å²) in [5.74, 6) is 3.13. The third-order valence-corrected chi connectivity index (χ3v) is 5.59. The maximum absolute atomic E-state index is 5.69. The Labute approximate surface area is 144 Å². The minimum absolute atomic E-state index is 0.576. The number of ether oxygens (including phenoxy) is 2. The summed E-state index contributed by atoms with van der Waals surface area (Å²) in [5, 5.41) is 0. The Kier molecular flexibility index (Phi) is 4.05. The van der Waals surface area contributed by atoms with Crippen molar-refractivity contribution in [3.8, 4) is 11.5 Å². The molecule has 0 aromatic heterocycles. The fourth-order valence-electron chi connectivity index (χ4n) is 4.47. The summed E-state index contributed by atoms with van der Waals surface area (Å²) in [5.41, 5.74) is 5.54. The van der Waals surface area contributed by atoms with Gasteiger partial charge in [0.1, 0.15) is 11.5 Å². The molecule has 24 heavy (non-hydrogen) atoms. The molecular weight excluding hydrogens is 296 g/mol. The van der Waals surface area contributed by atoms with Gasteiger partial charge in [-0.2, -0.15) is 0 Å². The van der Waals surface area contributed by atoms with Gasteiger partial charge >= 0.3 is 0 Å². The largest absolute Gasteiger partial charge is 0.497 e. The standard InChI is InChI=1S/C22H24O2/c1-23-17-12-10-15(11-13-17)20-14-16-6-5-9-21(24-2)22(16)19-8-4-3-7-18(19)20/h5-6,9-14,18-19H,3-4,7-8H2,1-2H3. The van der Waals surface area contributed by atoms with Gasteiger partial charge in [-0.25, -0.2) is 0 Å². The first-order valence-corrected chi connectivity index (χ1v) is 8.84. The number of methoxy groups -OCH3 is 2. The minimum atomic E-state index is 0.576. The Hall–Kier alpha value is -2.22. The zero-order valence-electron chi connectivity index (χ0n) is 14.4. The molecule has 2 unspecified atom stereocenters. The monoisotopic (exact) mass is 320 g/mol. The second-order valence-electron chi connectivity index (χ2n) is 6.79. The lowest BCUT2D eigenvalue weighted by atomic mass is 9.66. The van der Waals surface area contributed by atoms with Crippen LogP contribution in [0, 0.1) is 5.92 Å². The van der Waals surface area contributed by atoms with Crippen molar-refractivity contribution in [2.75, 3.05) is 14.2 Å². The van der Waals surface area contributed by atoms with Gasteiger partial charge < -0.3 is 9.47 Å². The normalized spacial score (nSPS) is 22.2. The lowest BCUT2D eigenvalue weighted by Gasteiger charge is -2.38. The van der Waals surface area contributed by atoms with E-state index in [4.69, 9.17) is 9.47 Å². The third kappa shape index (κ3) is 2.50. The number of benzene rings is 2. The van der Waals surface area contributed by atoms with E-state index in [0.29, 0.717) is 11.8 Å². The summed E-state index contributed by atoms with van der Waals surface area (Å²) in [6.07, 6.45) is 7.53. The highest BCUT2D eigenvalue weighted by atomic mass is 16.5. The SMILES string of the molecule is COc1ccc(C2=Cc3cccc(OC)c3C3CCCCC23)cc1. The molecule has 0 saturated heterocycles. The van der Waals surface area contributed by atoms with E-state index >= 15 is 0 Å².